The molecule has 0 radical (unpaired) electrons. The van der Waals surface area contributed by atoms with Gasteiger partial charge < -0.3 is 4.74 Å². The van der Waals surface area contributed by atoms with Gasteiger partial charge in [-0.2, -0.15) is 27.1 Å². The van der Waals surface area contributed by atoms with Crippen LogP contribution in [0.4, 0.5) is 22.0 Å². The summed E-state index contributed by atoms with van der Waals surface area (Å²) in [6.07, 6.45) is -3.28. The molecule has 0 saturated heterocycles. The number of hydrogen-bond donors (Lipinski definition) is 0. The average Bonchev–Trinajstić information content (AvgIpc) is 3.04. The summed E-state index contributed by atoms with van der Waals surface area (Å²) in [4.78, 5) is 16.7. The SMILES string of the molecule is Cn1cc2c(=O)n(-c3ccc(OC(F)F)cc3)c3nc(C(F)(F)F)ccc3c2n1. The number of aromatic nitrogens is 4. The maximum atomic E-state index is 13.2. The van der Waals surface area contributed by atoms with Crippen molar-refractivity contribution in [3.05, 3.63) is 58.6 Å². The minimum atomic E-state index is -4.72. The number of nitrogens with zero attached hydrogens (tertiary/aromatic N) is 4. The van der Waals surface area contributed by atoms with Crippen LogP contribution in [0.2, 0.25) is 0 Å². The van der Waals surface area contributed by atoms with Gasteiger partial charge in [-0.3, -0.25) is 14.0 Å². The number of aryl methyl sites for hydroxylation is 1. The molecule has 0 bridgehead atoms. The molecule has 0 saturated carbocycles. The normalized spacial score (nSPS) is 12.2. The molecule has 11 heteroatoms. The van der Waals surface area contributed by atoms with Gasteiger partial charge in [0, 0.05) is 18.6 Å². The van der Waals surface area contributed by atoms with Gasteiger partial charge in [0.1, 0.15) is 22.6 Å². The van der Waals surface area contributed by atoms with Crippen LogP contribution in [-0.2, 0) is 13.2 Å². The largest absolute Gasteiger partial charge is 0.435 e. The van der Waals surface area contributed by atoms with Gasteiger partial charge in [-0.25, -0.2) is 4.98 Å². The fraction of sp³-hybridized carbons (Fsp3) is 0.167. The van der Waals surface area contributed by atoms with E-state index in [1.807, 2.05) is 0 Å². The lowest BCUT2D eigenvalue weighted by Gasteiger charge is -2.13. The van der Waals surface area contributed by atoms with E-state index in [1.165, 1.54) is 41.2 Å². The highest BCUT2D eigenvalue weighted by Crippen LogP contribution is 2.31. The van der Waals surface area contributed by atoms with Crippen molar-refractivity contribution in [3.63, 3.8) is 0 Å². The number of hydrogen-bond acceptors (Lipinski definition) is 4. The van der Waals surface area contributed by atoms with Crippen molar-refractivity contribution in [1.82, 2.24) is 19.3 Å². The topological polar surface area (TPSA) is 61.9 Å². The first-order valence-electron chi connectivity index (χ1n) is 8.17. The summed E-state index contributed by atoms with van der Waals surface area (Å²) >= 11 is 0. The molecule has 1 aromatic carbocycles. The molecule has 4 rings (SSSR count). The molecule has 0 spiro atoms. The fourth-order valence-corrected chi connectivity index (χ4v) is 3.04. The highest BCUT2D eigenvalue weighted by Gasteiger charge is 2.33. The smallest absolute Gasteiger partial charge is 0.433 e. The van der Waals surface area contributed by atoms with Crippen molar-refractivity contribution in [3.8, 4) is 11.4 Å². The number of rotatable bonds is 3. The second-order valence-electron chi connectivity index (χ2n) is 6.14. The first kappa shape index (κ1) is 18.8. The Labute approximate surface area is 158 Å². The standard InChI is InChI=1S/C18H11F5N4O2/c1-26-8-12-14(25-26)11-6-7-13(18(21,22)23)24-15(11)27(16(12)28)9-2-4-10(5-3-9)29-17(19)20/h2-8,17H,1H3. The maximum Gasteiger partial charge on any atom is 0.433 e. The van der Waals surface area contributed by atoms with Gasteiger partial charge in [-0.1, -0.05) is 0 Å². The average molecular weight is 410 g/mol. The molecule has 0 aliphatic heterocycles. The molecule has 0 amide bonds. The van der Waals surface area contributed by atoms with E-state index in [0.717, 1.165) is 10.6 Å². The van der Waals surface area contributed by atoms with Crippen molar-refractivity contribution >= 4 is 21.9 Å². The van der Waals surface area contributed by atoms with Crippen molar-refractivity contribution in [2.24, 2.45) is 7.05 Å². The van der Waals surface area contributed by atoms with E-state index >= 15 is 0 Å². The van der Waals surface area contributed by atoms with E-state index in [9.17, 15) is 26.7 Å². The molecule has 0 N–H and O–H groups in total. The number of halogens is 5. The summed E-state index contributed by atoms with van der Waals surface area (Å²) in [6, 6.07) is 6.93. The van der Waals surface area contributed by atoms with Crippen molar-refractivity contribution in [2.45, 2.75) is 12.8 Å². The number of alkyl halides is 5. The van der Waals surface area contributed by atoms with Gasteiger partial charge in [0.05, 0.1) is 11.1 Å². The molecule has 3 aromatic heterocycles. The Hall–Kier alpha value is -3.50. The zero-order valence-corrected chi connectivity index (χ0v) is 14.6. The quantitative estimate of drug-likeness (QED) is 0.481. The summed E-state index contributed by atoms with van der Waals surface area (Å²) in [5.74, 6) is -0.160. The first-order valence-corrected chi connectivity index (χ1v) is 8.17. The maximum absolute atomic E-state index is 13.2. The van der Waals surface area contributed by atoms with Crippen LogP contribution in [0.15, 0.2) is 47.4 Å². The molecule has 0 fully saturated rings. The fourth-order valence-electron chi connectivity index (χ4n) is 3.04. The number of benzene rings is 1. The highest BCUT2D eigenvalue weighted by atomic mass is 19.4. The Morgan fingerprint density at radius 3 is 2.34 bits per heavy atom. The molecule has 29 heavy (non-hydrogen) atoms. The number of pyridine rings is 2. The third kappa shape index (κ3) is 3.28. The van der Waals surface area contributed by atoms with Gasteiger partial charge in [0.2, 0.25) is 0 Å². The molecular weight excluding hydrogens is 399 g/mol. The summed E-state index contributed by atoms with van der Waals surface area (Å²) in [6.45, 7) is -3.04. The molecule has 6 nitrogen and oxygen atoms in total. The third-order valence-corrected chi connectivity index (χ3v) is 4.21. The second-order valence-corrected chi connectivity index (χ2v) is 6.14. The van der Waals surface area contributed by atoms with Crippen molar-refractivity contribution in [1.29, 1.82) is 0 Å². The minimum Gasteiger partial charge on any atom is -0.435 e. The predicted molar refractivity (Wildman–Crippen MR) is 93.2 cm³/mol. The van der Waals surface area contributed by atoms with Crippen LogP contribution in [0.3, 0.4) is 0 Å². The summed E-state index contributed by atoms with van der Waals surface area (Å²) in [5.41, 5.74) is -1.72. The van der Waals surface area contributed by atoms with Gasteiger partial charge in [-0.05, 0) is 36.4 Å². The van der Waals surface area contributed by atoms with E-state index in [4.69, 9.17) is 0 Å². The Balaban J connectivity index is 2.04. The van der Waals surface area contributed by atoms with E-state index in [-0.39, 0.29) is 33.4 Å². The lowest BCUT2D eigenvalue weighted by Crippen LogP contribution is -2.21. The molecule has 3 heterocycles. The Bertz CT molecular complexity index is 1280. The zero-order valence-electron chi connectivity index (χ0n) is 14.6. The van der Waals surface area contributed by atoms with Crippen LogP contribution in [0.25, 0.3) is 27.6 Å². The van der Waals surface area contributed by atoms with Gasteiger partial charge in [0.15, 0.2) is 0 Å². The van der Waals surface area contributed by atoms with Crippen LogP contribution < -0.4 is 10.3 Å². The zero-order chi connectivity index (χ0) is 20.9. The van der Waals surface area contributed by atoms with Crippen LogP contribution in [0, 0.1) is 0 Å². The van der Waals surface area contributed by atoms with E-state index in [0.29, 0.717) is 0 Å². The monoisotopic (exact) mass is 410 g/mol. The van der Waals surface area contributed by atoms with Crippen molar-refractivity contribution in [2.75, 3.05) is 0 Å². The predicted octanol–water partition coefficient (Wildman–Crippen LogP) is 3.89. The number of ether oxygens (including phenoxy) is 1. The summed E-state index contributed by atoms with van der Waals surface area (Å²) in [5, 5.41) is 4.57. The molecule has 0 aliphatic carbocycles. The van der Waals surface area contributed by atoms with Crippen LogP contribution in [-0.4, -0.2) is 25.9 Å². The lowest BCUT2D eigenvalue weighted by atomic mass is 10.2. The van der Waals surface area contributed by atoms with Crippen LogP contribution in [0.1, 0.15) is 5.69 Å². The molecular formula is C18H11F5N4O2. The molecule has 4 aromatic rings. The minimum absolute atomic E-state index is 0.138. The lowest BCUT2D eigenvalue weighted by molar-refractivity contribution is -0.141. The van der Waals surface area contributed by atoms with E-state index in [1.54, 1.807) is 7.05 Å². The Morgan fingerprint density at radius 1 is 1.03 bits per heavy atom. The number of fused-ring (bicyclic) bond motifs is 3. The van der Waals surface area contributed by atoms with Gasteiger partial charge >= 0.3 is 12.8 Å². The van der Waals surface area contributed by atoms with E-state index in [2.05, 4.69) is 14.8 Å². The van der Waals surface area contributed by atoms with E-state index < -0.39 is 24.0 Å². The van der Waals surface area contributed by atoms with Gasteiger partial charge in [0.25, 0.3) is 5.56 Å². The summed E-state index contributed by atoms with van der Waals surface area (Å²) in [7, 11) is 1.57. The molecule has 0 aliphatic rings. The Kier molecular flexibility index (Phi) is 4.25. The van der Waals surface area contributed by atoms with Crippen LogP contribution in [0.5, 0.6) is 5.75 Å². The molecule has 0 unspecified atom stereocenters. The third-order valence-electron chi connectivity index (χ3n) is 4.21. The van der Waals surface area contributed by atoms with Crippen LogP contribution >= 0.6 is 0 Å². The molecule has 0 atom stereocenters. The van der Waals surface area contributed by atoms with Gasteiger partial charge in [-0.15, -0.1) is 0 Å². The first-order chi connectivity index (χ1) is 13.6. The molecule has 150 valence electrons. The second kappa shape index (κ2) is 6.54. The Morgan fingerprint density at radius 2 is 1.72 bits per heavy atom. The van der Waals surface area contributed by atoms with Crippen molar-refractivity contribution < 1.29 is 26.7 Å². The highest BCUT2D eigenvalue weighted by molar-refractivity contribution is 6.02. The summed E-state index contributed by atoms with van der Waals surface area (Å²) < 4.78 is 70.9.